The number of nitrogens with two attached hydrogens (primary N) is 1. The van der Waals surface area contributed by atoms with Gasteiger partial charge in [0, 0.05) is 57.7 Å². The van der Waals surface area contributed by atoms with Crippen molar-refractivity contribution in [3.05, 3.63) is 73.9 Å². The number of aromatic amines is 1. The molecule has 0 amide bonds. The predicted octanol–water partition coefficient (Wildman–Crippen LogP) is 3.98. The molecule has 0 saturated carbocycles. The summed E-state index contributed by atoms with van der Waals surface area (Å²) in [6.07, 6.45) is 1.65. The first-order valence-electron chi connectivity index (χ1n) is 8.97. The Morgan fingerprint density at radius 3 is 2.70 bits per heavy atom. The van der Waals surface area contributed by atoms with E-state index >= 15 is 0 Å². The SMILES string of the molecule is CC(NC1Cc2c([nH]c3ccc(Br)cc23)CC1N)c1ccc([N+](=O)[O-])cc1. The number of aromatic nitrogens is 1. The fourth-order valence-electron chi connectivity index (χ4n) is 3.92. The molecule has 0 saturated heterocycles. The number of halogens is 1. The zero-order valence-corrected chi connectivity index (χ0v) is 16.5. The molecule has 140 valence electrons. The molecule has 1 heterocycles. The fourth-order valence-corrected chi connectivity index (χ4v) is 4.28. The summed E-state index contributed by atoms with van der Waals surface area (Å²) in [7, 11) is 0. The van der Waals surface area contributed by atoms with Gasteiger partial charge in [0.25, 0.3) is 5.69 Å². The van der Waals surface area contributed by atoms with Crippen LogP contribution in [0.2, 0.25) is 0 Å². The van der Waals surface area contributed by atoms with Crippen molar-refractivity contribution in [2.24, 2.45) is 5.73 Å². The van der Waals surface area contributed by atoms with E-state index in [0.29, 0.717) is 0 Å². The first-order valence-corrected chi connectivity index (χ1v) is 9.76. The van der Waals surface area contributed by atoms with Crippen molar-refractivity contribution < 1.29 is 4.92 Å². The number of nitro benzene ring substituents is 1. The van der Waals surface area contributed by atoms with Crippen molar-refractivity contribution in [2.75, 3.05) is 0 Å². The second kappa shape index (κ2) is 7.07. The smallest absolute Gasteiger partial charge is 0.269 e. The lowest BCUT2D eigenvalue weighted by molar-refractivity contribution is -0.384. The van der Waals surface area contributed by atoms with E-state index in [0.717, 1.165) is 28.4 Å². The molecule has 3 unspecified atom stereocenters. The van der Waals surface area contributed by atoms with E-state index in [2.05, 4.69) is 45.3 Å². The second-order valence-electron chi connectivity index (χ2n) is 7.19. The Labute approximate surface area is 165 Å². The molecule has 6 nitrogen and oxygen atoms in total. The zero-order valence-electron chi connectivity index (χ0n) is 14.9. The summed E-state index contributed by atoms with van der Waals surface area (Å²) in [6.45, 7) is 2.06. The number of hydrogen-bond acceptors (Lipinski definition) is 4. The summed E-state index contributed by atoms with van der Waals surface area (Å²) in [5, 5.41) is 15.7. The summed E-state index contributed by atoms with van der Waals surface area (Å²) in [5.41, 5.74) is 11.3. The van der Waals surface area contributed by atoms with Crippen LogP contribution in [-0.2, 0) is 12.8 Å². The van der Waals surface area contributed by atoms with Crippen LogP contribution < -0.4 is 11.1 Å². The Kier molecular flexibility index (Phi) is 4.75. The molecule has 27 heavy (non-hydrogen) atoms. The van der Waals surface area contributed by atoms with Gasteiger partial charge in [0.05, 0.1) is 4.92 Å². The molecular weight excluding hydrogens is 408 g/mol. The maximum atomic E-state index is 10.8. The van der Waals surface area contributed by atoms with Gasteiger partial charge in [-0.3, -0.25) is 10.1 Å². The molecule has 3 aromatic rings. The highest BCUT2D eigenvalue weighted by atomic mass is 79.9. The van der Waals surface area contributed by atoms with Crippen LogP contribution >= 0.6 is 15.9 Å². The number of benzene rings is 2. The Morgan fingerprint density at radius 2 is 2.00 bits per heavy atom. The van der Waals surface area contributed by atoms with Gasteiger partial charge in [-0.2, -0.15) is 0 Å². The first-order chi connectivity index (χ1) is 12.9. The van der Waals surface area contributed by atoms with E-state index in [1.807, 2.05) is 6.07 Å². The molecule has 0 spiro atoms. The Balaban J connectivity index is 1.55. The molecule has 0 aliphatic heterocycles. The monoisotopic (exact) mass is 428 g/mol. The Hall–Kier alpha value is -2.22. The van der Waals surface area contributed by atoms with Crippen LogP contribution in [-0.4, -0.2) is 22.0 Å². The molecule has 3 atom stereocenters. The second-order valence-corrected chi connectivity index (χ2v) is 8.10. The normalized spacial score (nSPS) is 20.4. The van der Waals surface area contributed by atoms with Gasteiger partial charge in [-0.05, 0) is 42.7 Å². The van der Waals surface area contributed by atoms with Gasteiger partial charge < -0.3 is 16.0 Å². The highest BCUT2D eigenvalue weighted by Gasteiger charge is 2.29. The van der Waals surface area contributed by atoms with E-state index in [4.69, 9.17) is 5.73 Å². The molecule has 0 radical (unpaired) electrons. The lowest BCUT2D eigenvalue weighted by Crippen LogP contribution is -2.50. The van der Waals surface area contributed by atoms with Crippen molar-refractivity contribution in [1.82, 2.24) is 10.3 Å². The number of rotatable bonds is 4. The molecule has 2 aromatic carbocycles. The van der Waals surface area contributed by atoms with Crippen LogP contribution in [0.3, 0.4) is 0 Å². The quantitative estimate of drug-likeness (QED) is 0.432. The van der Waals surface area contributed by atoms with Crippen molar-refractivity contribution >= 4 is 32.5 Å². The molecule has 4 rings (SSSR count). The topological polar surface area (TPSA) is 97.0 Å². The number of nitrogens with one attached hydrogen (secondary N) is 2. The van der Waals surface area contributed by atoms with Gasteiger partial charge in [0.15, 0.2) is 0 Å². The third-order valence-electron chi connectivity index (χ3n) is 5.41. The number of non-ortho nitro benzene ring substituents is 1. The third-order valence-corrected chi connectivity index (χ3v) is 5.90. The zero-order chi connectivity index (χ0) is 19.1. The van der Waals surface area contributed by atoms with Crippen molar-refractivity contribution in [3.8, 4) is 0 Å². The van der Waals surface area contributed by atoms with Crippen molar-refractivity contribution in [3.63, 3.8) is 0 Å². The van der Waals surface area contributed by atoms with E-state index in [1.54, 1.807) is 24.3 Å². The van der Waals surface area contributed by atoms with Crippen LogP contribution in [0.1, 0.15) is 29.8 Å². The number of nitrogens with zero attached hydrogens (tertiary/aromatic N) is 1. The van der Waals surface area contributed by atoms with Crippen LogP contribution in [0.15, 0.2) is 46.9 Å². The minimum absolute atomic E-state index is 0.00880. The minimum Gasteiger partial charge on any atom is -0.358 e. The van der Waals surface area contributed by atoms with Crippen LogP contribution in [0.25, 0.3) is 10.9 Å². The largest absolute Gasteiger partial charge is 0.358 e. The van der Waals surface area contributed by atoms with E-state index < -0.39 is 0 Å². The standard InChI is InChI=1S/C20H21BrN4O2/c1-11(12-2-5-14(6-3-12)25(26)27)23-20-9-16-15-8-13(21)4-7-18(15)24-19(16)10-17(20)22/h2-8,11,17,20,23-24H,9-10,22H2,1H3. The molecular formula is C20H21BrN4O2. The highest BCUT2D eigenvalue weighted by molar-refractivity contribution is 9.10. The van der Waals surface area contributed by atoms with Crippen LogP contribution in [0, 0.1) is 10.1 Å². The maximum Gasteiger partial charge on any atom is 0.269 e. The third kappa shape index (κ3) is 3.50. The van der Waals surface area contributed by atoms with Gasteiger partial charge in [-0.15, -0.1) is 0 Å². The molecule has 4 N–H and O–H groups in total. The Morgan fingerprint density at radius 1 is 1.26 bits per heavy atom. The molecule has 7 heteroatoms. The number of nitro groups is 1. The summed E-state index contributed by atoms with van der Waals surface area (Å²) in [4.78, 5) is 14.0. The molecule has 1 aromatic heterocycles. The van der Waals surface area contributed by atoms with Gasteiger partial charge in [0.2, 0.25) is 0 Å². The summed E-state index contributed by atoms with van der Waals surface area (Å²) in [6, 6.07) is 13.2. The average molecular weight is 429 g/mol. The lowest BCUT2D eigenvalue weighted by Gasteiger charge is -2.32. The van der Waals surface area contributed by atoms with Crippen molar-refractivity contribution in [2.45, 2.75) is 37.9 Å². The average Bonchev–Trinajstić information content (AvgIpc) is 2.98. The van der Waals surface area contributed by atoms with Crippen LogP contribution in [0.5, 0.6) is 0 Å². The van der Waals surface area contributed by atoms with Crippen molar-refractivity contribution in [1.29, 1.82) is 0 Å². The summed E-state index contributed by atoms with van der Waals surface area (Å²) in [5.74, 6) is 0. The number of hydrogen-bond donors (Lipinski definition) is 3. The number of fused-ring (bicyclic) bond motifs is 3. The van der Waals surface area contributed by atoms with E-state index in [9.17, 15) is 10.1 Å². The summed E-state index contributed by atoms with van der Waals surface area (Å²) < 4.78 is 1.07. The molecule has 1 aliphatic rings. The summed E-state index contributed by atoms with van der Waals surface area (Å²) >= 11 is 3.56. The van der Waals surface area contributed by atoms with Gasteiger partial charge in [0.1, 0.15) is 0 Å². The molecule has 0 fully saturated rings. The highest BCUT2D eigenvalue weighted by Crippen LogP contribution is 2.31. The number of H-pyrrole nitrogens is 1. The van der Waals surface area contributed by atoms with Gasteiger partial charge in [-0.25, -0.2) is 0 Å². The molecule has 1 aliphatic carbocycles. The van der Waals surface area contributed by atoms with Gasteiger partial charge >= 0.3 is 0 Å². The maximum absolute atomic E-state index is 10.8. The van der Waals surface area contributed by atoms with E-state index in [-0.39, 0.29) is 28.7 Å². The minimum atomic E-state index is -0.379. The van der Waals surface area contributed by atoms with Crippen LogP contribution in [0.4, 0.5) is 5.69 Å². The van der Waals surface area contributed by atoms with E-state index in [1.165, 1.54) is 16.6 Å². The first kappa shape index (κ1) is 18.2. The Bertz CT molecular complexity index is 999. The fraction of sp³-hybridized carbons (Fsp3) is 0.300. The van der Waals surface area contributed by atoms with Gasteiger partial charge in [-0.1, -0.05) is 28.1 Å². The predicted molar refractivity (Wildman–Crippen MR) is 110 cm³/mol. The molecule has 0 bridgehead atoms. The lowest BCUT2D eigenvalue weighted by atomic mass is 9.87.